The van der Waals surface area contributed by atoms with E-state index in [1.807, 2.05) is 24.3 Å². The van der Waals surface area contributed by atoms with Crippen molar-refractivity contribution in [3.05, 3.63) is 34.3 Å². The Bertz CT molecular complexity index is 418. The monoisotopic (exact) mass is 299 g/mol. The standard InChI is InChI=1S/C12H14BrNO3/c1-8(2)17-12(16)11(15)14-7-9-4-3-5-10(13)6-9/h3-6,8H,7H2,1-2H3,(H,14,15). The molecule has 0 fully saturated rings. The first-order chi connectivity index (χ1) is 7.99. The lowest BCUT2D eigenvalue weighted by Crippen LogP contribution is -2.33. The van der Waals surface area contributed by atoms with Crippen molar-refractivity contribution in [2.75, 3.05) is 0 Å². The Morgan fingerprint density at radius 3 is 2.71 bits per heavy atom. The highest BCUT2D eigenvalue weighted by molar-refractivity contribution is 9.10. The number of hydrogen-bond donors (Lipinski definition) is 1. The number of nitrogens with one attached hydrogen (secondary N) is 1. The summed E-state index contributed by atoms with van der Waals surface area (Å²) in [4.78, 5) is 22.5. The van der Waals surface area contributed by atoms with E-state index in [0.717, 1.165) is 10.0 Å². The molecule has 0 aliphatic heterocycles. The molecule has 17 heavy (non-hydrogen) atoms. The van der Waals surface area contributed by atoms with Crippen molar-refractivity contribution in [2.45, 2.75) is 26.5 Å². The van der Waals surface area contributed by atoms with Crippen LogP contribution in [0.2, 0.25) is 0 Å². The molecule has 1 amide bonds. The minimum atomic E-state index is -0.852. The molecule has 0 unspecified atom stereocenters. The number of carbonyl (C=O) groups is 2. The molecular weight excluding hydrogens is 286 g/mol. The van der Waals surface area contributed by atoms with Gasteiger partial charge in [-0.3, -0.25) is 4.79 Å². The van der Waals surface area contributed by atoms with E-state index in [9.17, 15) is 9.59 Å². The summed E-state index contributed by atoms with van der Waals surface area (Å²) in [5, 5.41) is 2.50. The Balaban J connectivity index is 2.45. The second kappa shape index (κ2) is 6.39. The molecule has 0 aliphatic rings. The topological polar surface area (TPSA) is 55.4 Å². The zero-order valence-electron chi connectivity index (χ0n) is 9.70. The zero-order valence-corrected chi connectivity index (χ0v) is 11.3. The van der Waals surface area contributed by atoms with Crippen molar-refractivity contribution in [2.24, 2.45) is 0 Å². The summed E-state index contributed by atoms with van der Waals surface area (Å²) >= 11 is 3.33. The van der Waals surface area contributed by atoms with E-state index in [2.05, 4.69) is 21.2 Å². The molecule has 4 nitrogen and oxygen atoms in total. The van der Waals surface area contributed by atoms with Crippen molar-refractivity contribution in [1.29, 1.82) is 0 Å². The average Bonchev–Trinajstić information content (AvgIpc) is 2.25. The van der Waals surface area contributed by atoms with Gasteiger partial charge in [-0.2, -0.15) is 0 Å². The van der Waals surface area contributed by atoms with Crippen molar-refractivity contribution in [1.82, 2.24) is 5.32 Å². The van der Waals surface area contributed by atoms with E-state index in [-0.39, 0.29) is 6.10 Å². The molecule has 0 aromatic heterocycles. The summed E-state index contributed by atoms with van der Waals surface area (Å²) in [7, 11) is 0. The van der Waals surface area contributed by atoms with Crippen LogP contribution in [-0.2, 0) is 20.9 Å². The second-order valence-corrected chi connectivity index (χ2v) is 4.68. The van der Waals surface area contributed by atoms with Crippen molar-refractivity contribution in [3.63, 3.8) is 0 Å². The summed E-state index contributed by atoms with van der Waals surface area (Å²) in [5.74, 6) is -1.58. The van der Waals surface area contributed by atoms with Gasteiger partial charge in [0, 0.05) is 11.0 Å². The molecule has 0 saturated carbocycles. The lowest BCUT2D eigenvalue weighted by molar-refractivity contribution is -0.157. The number of amides is 1. The van der Waals surface area contributed by atoms with Gasteiger partial charge in [-0.05, 0) is 31.5 Å². The molecule has 0 spiro atoms. The van der Waals surface area contributed by atoms with Gasteiger partial charge in [-0.15, -0.1) is 0 Å². The highest BCUT2D eigenvalue weighted by atomic mass is 79.9. The fraction of sp³-hybridized carbons (Fsp3) is 0.333. The van der Waals surface area contributed by atoms with E-state index in [0.29, 0.717) is 6.54 Å². The van der Waals surface area contributed by atoms with Crippen LogP contribution in [-0.4, -0.2) is 18.0 Å². The molecular formula is C12H14BrNO3. The minimum Gasteiger partial charge on any atom is -0.456 e. The number of halogens is 1. The Kier molecular flexibility index (Phi) is 5.15. The van der Waals surface area contributed by atoms with Crippen molar-refractivity contribution < 1.29 is 14.3 Å². The second-order valence-electron chi connectivity index (χ2n) is 3.77. The van der Waals surface area contributed by atoms with Crippen LogP contribution in [0, 0.1) is 0 Å². The normalized spacial score (nSPS) is 10.1. The molecule has 0 heterocycles. The van der Waals surface area contributed by atoms with Crippen LogP contribution in [0.5, 0.6) is 0 Å². The molecule has 1 rings (SSSR count). The third kappa shape index (κ3) is 4.99. The molecule has 5 heteroatoms. The van der Waals surface area contributed by atoms with Gasteiger partial charge in [0.15, 0.2) is 0 Å². The Morgan fingerprint density at radius 1 is 1.41 bits per heavy atom. The van der Waals surface area contributed by atoms with Gasteiger partial charge in [0.05, 0.1) is 6.10 Å². The van der Waals surface area contributed by atoms with Gasteiger partial charge in [0.25, 0.3) is 0 Å². The molecule has 1 N–H and O–H groups in total. The molecule has 92 valence electrons. The first-order valence-corrected chi connectivity index (χ1v) is 6.01. The van der Waals surface area contributed by atoms with Gasteiger partial charge in [-0.1, -0.05) is 28.1 Å². The van der Waals surface area contributed by atoms with Gasteiger partial charge in [-0.25, -0.2) is 4.79 Å². The third-order valence-corrected chi connectivity index (χ3v) is 2.36. The minimum absolute atomic E-state index is 0.292. The molecule has 0 aliphatic carbocycles. The Morgan fingerprint density at radius 2 is 2.12 bits per heavy atom. The number of esters is 1. The number of carbonyl (C=O) groups excluding carboxylic acids is 2. The number of ether oxygens (including phenoxy) is 1. The smallest absolute Gasteiger partial charge is 0.397 e. The fourth-order valence-corrected chi connectivity index (χ4v) is 1.62. The maximum atomic E-state index is 11.3. The largest absolute Gasteiger partial charge is 0.456 e. The van der Waals surface area contributed by atoms with Gasteiger partial charge in [0.1, 0.15) is 0 Å². The summed E-state index contributed by atoms with van der Waals surface area (Å²) < 4.78 is 5.69. The highest BCUT2D eigenvalue weighted by Crippen LogP contribution is 2.11. The van der Waals surface area contributed by atoms with Crippen molar-refractivity contribution in [3.8, 4) is 0 Å². The SMILES string of the molecule is CC(C)OC(=O)C(=O)NCc1cccc(Br)c1. The Labute approximate surface area is 108 Å². The summed E-state index contributed by atoms with van der Waals surface area (Å²) in [5.41, 5.74) is 0.907. The Hall–Kier alpha value is -1.36. The third-order valence-electron chi connectivity index (χ3n) is 1.87. The van der Waals surface area contributed by atoms with Crippen LogP contribution in [0.4, 0.5) is 0 Å². The lowest BCUT2D eigenvalue weighted by Gasteiger charge is -2.08. The number of benzene rings is 1. The molecule has 1 aromatic carbocycles. The lowest BCUT2D eigenvalue weighted by atomic mass is 10.2. The molecule has 0 radical (unpaired) electrons. The van der Waals surface area contributed by atoms with Crippen LogP contribution < -0.4 is 5.32 Å². The van der Waals surface area contributed by atoms with Crippen LogP contribution in [0.1, 0.15) is 19.4 Å². The van der Waals surface area contributed by atoms with Gasteiger partial charge in [0.2, 0.25) is 0 Å². The van der Waals surface area contributed by atoms with Crippen LogP contribution in [0.15, 0.2) is 28.7 Å². The van der Waals surface area contributed by atoms with Crippen LogP contribution in [0.3, 0.4) is 0 Å². The maximum absolute atomic E-state index is 11.3. The number of hydrogen-bond acceptors (Lipinski definition) is 3. The van der Waals surface area contributed by atoms with E-state index in [1.165, 1.54) is 0 Å². The van der Waals surface area contributed by atoms with Gasteiger partial charge >= 0.3 is 11.9 Å². The van der Waals surface area contributed by atoms with E-state index < -0.39 is 11.9 Å². The number of rotatable bonds is 3. The molecule has 0 saturated heterocycles. The van der Waals surface area contributed by atoms with E-state index in [1.54, 1.807) is 13.8 Å². The molecule has 0 bridgehead atoms. The summed E-state index contributed by atoms with van der Waals surface area (Å²) in [6.07, 6.45) is -0.292. The highest BCUT2D eigenvalue weighted by Gasteiger charge is 2.15. The maximum Gasteiger partial charge on any atom is 0.397 e. The van der Waals surface area contributed by atoms with Gasteiger partial charge < -0.3 is 10.1 Å². The summed E-state index contributed by atoms with van der Waals surface area (Å²) in [6, 6.07) is 7.48. The first-order valence-electron chi connectivity index (χ1n) is 5.22. The predicted molar refractivity (Wildman–Crippen MR) is 67.2 cm³/mol. The van der Waals surface area contributed by atoms with Crippen LogP contribution >= 0.6 is 15.9 Å². The van der Waals surface area contributed by atoms with Crippen LogP contribution in [0.25, 0.3) is 0 Å². The first kappa shape index (κ1) is 13.7. The van der Waals surface area contributed by atoms with E-state index in [4.69, 9.17) is 4.74 Å². The van der Waals surface area contributed by atoms with E-state index >= 15 is 0 Å². The molecule has 0 atom stereocenters. The quantitative estimate of drug-likeness (QED) is 0.686. The zero-order chi connectivity index (χ0) is 12.8. The fourth-order valence-electron chi connectivity index (χ4n) is 1.17. The van der Waals surface area contributed by atoms with Crippen molar-refractivity contribution >= 4 is 27.8 Å². The molecule has 1 aromatic rings. The average molecular weight is 300 g/mol. The summed E-state index contributed by atoms with van der Waals surface area (Å²) in [6.45, 7) is 3.68. The predicted octanol–water partition coefficient (Wildman–Crippen LogP) is 2.02.